The van der Waals surface area contributed by atoms with E-state index in [4.69, 9.17) is 4.74 Å². The van der Waals surface area contributed by atoms with Crippen molar-refractivity contribution in [2.45, 2.75) is 77.4 Å². The van der Waals surface area contributed by atoms with E-state index in [-0.39, 0.29) is 18.0 Å². The summed E-state index contributed by atoms with van der Waals surface area (Å²) in [5.74, 6) is 0.583. The number of allylic oxidation sites excluding steroid dienone is 1. The monoisotopic (exact) mass is 558 g/mol. The van der Waals surface area contributed by atoms with Gasteiger partial charge in [0, 0.05) is 44.1 Å². The predicted octanol–water partition coefficient (Wildman–Crippen LogP) is 6.71. The zero-order valence-electron chi connectivity index (χ0n) is 25.0. The second-order valence-corrected chi connectivity index (χ2v) is 12.8. The Morgan fingerprint density at radius 1 is 0.951 bits per heavy atom. The van der Waals surface area contributed by atoms with E-state index in [1.165, 1.54) is 25.7 Å². The third kappa shape index (κ3) is 7.63. The highest BCUT2D eigenvalue weighted by molar-refractivity contribution is 6.01. The number of carbonyl (C=O) groups is 2. The van der Waals surface area contributed by atoms with Crippen LogP contribution in [0, 0.1) is 5.92 Å². The van der Waals surface area contributed by atoms with Crippen LogP contribution in [-0.4, -0.2) is 66.2 Å². The predicted molar refractivity (Wildman–Crippen MR) is 165 cm³/mol. The zero-order valence-corrected chi connectivity index (χ0v) is 25.0. The first-order chi connectivity index (χ1) is 19.7. The van der Waals surface area contributed by atoms with Crippen LogP contribution in [0.3, 0.4) is 0 Å². The molecule has 7 heteroatoms. The van der Waals surface area contributed by atoms with E-state index >= 15 is 0 Å². The highest BCUT2D eigenvalue weighted by atomic mass is 16.6. The summed E-state index contributed by atoms with van der Waals surface area (Å²) in [7, 11) is 0. The number of anilines is 2. The van der Waals surface area contributed by atoms with Gasteiger partial charge in [0.05, 0.1) is 17.3 Å². The second-order valence-electron chi connectivity index (χ2n) is 12.8. The Labute approximate surface area is 245 Å². The number of ether oxygens (including phenoxy) is 1. The Morgan fingerprint density at radius 3 is 2.32 bits per heavy atom. The Hall–Kier alpha value is -3.48. The van der Waals surface area contributed by atoms with Gasteiger partial charge in [0.2, 0.25) is 0 Å². The second kappa shape index (κ2) is 12.6. The van der Waals surface area contributed by atoms with Crippen molar-refractivity contribution in [3.63, 3.8) is 0 Å². The topological polar surface area (TPSA) is 65.1 Å². The smallest absolute Gasteiger partial charge is 0.410 e. The van der Waals surface area contributed by atoms with Gasteiger partial charge in [-0.15, -0.1) is 0 Å². The van der Waals surface area contributed by atoms with E-state index < -0.39 is 5.60 Å². The van der Waals surface area contributed by atoms with Crippen LogP contribution in [0.5, 0.6) is 0 Å². The van der Waals surface area contributed by atoms with E-state index in [0.717, 1.165) is 54.1 Å². The fourth-order valence-electron chi connectivity index (χ4n) is 5.91. The van der Waals surface area contributed by atoms with E-state index in [2.05, 4.69) is 35.0 Å². The standard InChI is InChI=1S/C34H46N4O3/c1-25(27-14-15-27)35-28-16-17-30(31(23-28)36-18-10-5-6-11-19-36)32(39)38-21-20-37(33(40)41-34(2,3)4)24-29(38)22-26-12-8-7-9-13-26/h7-9,12-13,16-17,23,27,29,35H,1,5-6,10-11,14-15,18-22,24H2,2-4H3. The summed E-state index contributed by atoms with van der Waals surface area (Å²) in [5, 5.41) is 3.52. The van der Waals surface area contributed by atoms with Crippen molar-refractivity contribution in [2.75, 3.05) is 42.9 Å². The van der Waals surface area contributed by atoms with Gasteiger partial charge in [0.25, 0.3) is 5.91 Å². The third-order valence-corrected chi connectivity index (χ3v) is 8.26. The Balaban J connectivity index is 1.43. The van der Waals surface area contributed by atoms with Crippen molar-refractivity contribution in [1.82, 2.24) is 9.80 Å². The molecule has 2 aromatic carbocycles. The van der Waals surface area contributed by atoms with Gasteiger partial charge in [-0.05, 0) is 82.6 Å². The van der Waals surface area contributed by atoms with Crippen LogP contribution in [0.1, 0.15) is 75.2 Å². The van der Waals surface area contributed by atoms with Crippen LogP contribution in [0.15, 0.2) is 60.8 Å². The molecule has 2 aromatic rings. The lowest BCUT2D eigenvalue weighted by molar-refractivity contribution is 0.00439. The molecule has 2 heterocycles. The number of hydrogen-bond acceptors (Lipinski definition) is 5. The molecular formula is C34H46N4O3. The van der Waals surface area contributed by atoms with E-state index in [1.807, 2.05) is 56.0 Å². The highest BCUT2D eigenvalue weighted by Gasteiger charge is 2.36. The first kappa shape index (κ1) is 29.0. The lowest BCUT2D eigenvalue weighted by Crippen LogP contribution is -2.58. The number of amides is 2. The fraction of sp³-hybridized carbons (Fsp3) is 0.529. The van der Waals surface area contributed by atoms with E-state index in [9.17, 15) is 9.59 Å². The van der Waals surface area contributed by atoms with E-state index in [0.29, 0.717) is 32.0 Å². The van der Waals surface area contributed by atoms with Gasteiger partial charge in [-0.3, -0.25) is 4.79 Å². The van der Waals surface area contributed by atoms with Crippen molar-refractivity contribution in [3.05, 3.63) is 71.9 Å². The SMILES string of the molecule is C=C(Nc1ccc(C(=O)N2CCN(C(=O)OC(C)(C)C)CC2Cc2ccccc2)c(N2CCCCCC2)c1)C1CC1. The zero-order chi connectivity index (χ0) is 29.0. The maximum atomic E-state index is 14.4. The molecule has 220 valence electrons. The maximum absolute atomic E-state index is 14.4. The van der Waals surface area contributed by atoms with Crippen molar-refractivity contribution >= 4 is 23.4 Å². The number of rotatable bonds is 7. The Bertz CT molecular complexity index is 1230. The van der Waals surface area contributed by atoms with Gasteiger partial charge in [-0.1, -0.05) is 49.8 Å². The molecule has 2 saturated heterocycles. The molecular weight excluding hydrogens is 512 g/mol. The fourth-order valence-corrected chi connectivity index (χ4v) is 5.91. The van der Waals surface area contributed by atoms with Crippen molar-refractivity contribution in [2.24, 2.45) is 5.92 Å². The summed E-state index contributed by atoms with van der Waals surface area (Å²) >= 11 is 0. The number of carbonyl (C=O) groups excluding carboxylic acids is 2. The quantitative estimate of drug-likeness (QED) is 0.409. The van der Waals surface area contributed by atoms with Crippen molar-refractivity contribution < 1.29 is 14.3 Å². The minimum absolute atomic E-state index is 0.0292. The van der Waals surface area contributed by atoms with Crippen LogP contribution in [0.4, 0.5) is 16.2 Å². The first-order valence-corrected chi connectivity index (χ1v) is 15.4. The molecule has 2 aliphatic heterocycles. The number of nitrogens with zero attached hydrogens (tertiary/aromatic N) is 3. The van der Waals surface area contributed by atoms with Gasteiger partial charge in [0.1, 0.15) is 5.60 Å². The molecule has 0 radical (unpaired) electrons. The normalized spacial score (nSPS) is 19.9. The molecule has 0 bridgehead atoms. The van der Waals surface area contributed by atoms with Crippen molar-refractivity contribution in [3.8, 4) is 0 Å². The molecule has 5 rings (SSSR count). The summed E-state index contributed by atoms with van der Waals surface area (Å²) in [6.07, 6.45) is 7.45. The number of benzene rings is 2. The molecule has 7 nitrogen and oxygen atoms in total. The number of nitrogens with one attached hydrogen (secondary N) is 1. The van der Waals surface area contributed by atoms with Crippen LogP contribution in [-0.2, 0) is 11.2 Å². The molecule has 3 fully saturated rings. The molecule has 0 spiro atoms. The molecule has 3 aliphatic rings. The van der Waals surface area contributed by atoms with Crippen LogP contribution in [0.2, 0.25) is 0 Å². The number of piperazine rings is 1. The average molecular weight is 559 g/mol. The summed E-state index contributed by atoms with van der Waals surface area (Å²) < 4.78 is 5.70. The molecule has 1 unspecified atom stereocenters. The minimum Gasteiger partial charge on any atom is -0.444 e. The Kier molecular flexibility index (Phi) is 8.91. The molecule has 1 saturated carbocycles. The lowest BCUT2D eigenvalue weighted by atomic mass is 10.00. The van der Waals surface area contributed by atoms with Gasteiger partial charge in [-0.2, -0.15) is 0 Å². The minimum atomic E-state index is -0.568. The van der Waals surface area contributed by atoms with Crippen LogP contribution < -0.4 is 10.2 Å². The summed E-state index contributed by atoms with van der Waals surface area (Å²) in [6.45, 7) is 13.2. The van der Waals surface area contributed by atoms with Gasteiger partial charge < -0.3 is 24.8 Å². The molecule has 1 atom stereocenters. The lowest BCUT2D eigenvalue weighted by Gasteiger charge is -2.42. The summed E-state index contributed by atoms with van der Waals surface area (Å²) in [6, 6.07) is 16.2. The largest absolute Gasteiger partial charge is 0.444 e. The van der Waals surface area contributed by atoms with Crippen LogP contribution >= 0.6 is 0 Å². The average Bonchev–Trinajstić information content (AvgIpc) is 3.80. The summed E-state index contributed by atoms with van der Waals surface area (Å²) in [5.41, 5.74) is 4.37. The first-order valence-electron chi connectivity index (χ1n) is 15.4. The maximum Gasteiger partial charge on any atom is 0.410 e. The van der Waals surface area contributed by atoms with Gasteiger partial charge in [0.15, 0.2) is 0 Å². The van der Waals surface area contributed by atoms with Crippen LogP contribution in [0.25, 0.3) is 0 Å². The third-order valence-electron chi connectivity index (χ3n) is 8.26. The molecule has 2 amide bonds. The van der Waals surface area contributed by atoms with E-state index in [1.54, 1.807) is 4.90 Å². The summed E-state index contributed by atoms with van der Waals surface area (Å²) in [4.78, 5) is 33.6. The number of hydrogen-bond donors (Lipinski definition) is 1. The van der Waals surface area contributed by atoms with Crippen molar-refractivity contribution in [1.29, 1.82) is 0 Å². The molecule has 1 aliphatic carbocycles. The Morgan fingerprint density at radius 2 is 1.66 bits per heavy atom. The van der Waals surface area contributed by atoms with Gasteiger partial charge >= 0.3 is 6.09 Å². The highest BCUT2D eigenvalue weighted by Crippen LogP contribution is 2.37. The molecule has 41 heavy (non-hydrogen) atoms. The molecule has 1 N–H and O–H groups in total. The van der Waals surface area contributed by atoms with Gasteiger partial charge in [-0.25, -0.2) is 4.79 Å². The molecule has 0 aromatic heterocycles.